The number of benzene rings is 1. The Morgan fingerprint density at radius 1 is 1.40 bits per heavy atom. The first-order chi connectivity index (χ1) is 9.76. The molecule has 0 unspecified atom stereocenters. The van der Waals surface area contributed by atoms with Crippen LogP contribution in [0, 0.1) is 18.3 Å². The van der Waals surface area contributed by atoms with Gasteiger partial charge in [-0.2, -0.15) is 5.26 Å². The molecule has 0 fully saturated rings. The van der Waals surface area contributed by atoms with Crippen LogP contribution in [0.4, 0.5) is 0 Å². The molecule has 2 heterocycles. The van der Waals surface area contributed by atoms with Gasteiger partial charge in [-0.3, -0.25) is 4.99 Å². The molecule has 0 N–H and O–H groups in total. The van der Waals surface area contributed by atoms with Crippen molar-refractivity contribution in [2.75, 3.05) is 13.1 Å². The molecule has 4 heteroatoms. The summed E-state index contributed by atoms with van der Waals surface area (Å²) in [5, 5.41) is 10.4. The minimum absolute atomic E-state index is 0.791. The Kier molecular flexibility index (Phi) is 2.51. The average molecular weight is 279 g/mol. The van der Waals surface area contributed by atoms with Crippen LogP contribution in [0.15, 0.2) is 39.4 Å². The fourth-order valence-electron chi connectivity index (χ4n) is 2.98. The number of aliphatic imine (C=N–C) groups is 1. The molecule has 4 rings (SSSR count). The molecule has 0 saturated carbocycles. The predicted molar refractivity (Wildman–Crippen MR) is 82.1 cm³/mol. The summed E-state index contributed by atoms with van der Waals surface area (Å²) >= 11 is 1.51. The van der Waals surface area contributed by atoms with Crippen molar-refractivity contribution in [3.8, 4) is 6.07 Å². The molecule has 2 aliphatic heterocycles. The van der Waals surface area contributed by atoms with Gasteiger partial charge in [0, 0.05) is 13.0 Å². The number of fused-ring (bicyclic) bond motifs is 2. The van der Waals surface area contributed by atoms with Crippen molar-refractivity contribution in [1.82, 2.24) is 4.90 Å². The van der Waals surface area contributed by atoms with Crippen LogP contribution >= 0.6 is 11.8 Å². The van der Waals surface area contributed by atoms with Crippen molar-refractivity contribution in [2.45, 2.75) is 13.3 Å². The van der Waals surface area contributed by atoms with Crippen molar-refractivity contribution in [1.29, 1.82) is 5.26 Å². The molecule has 0 spiro atoms. The number of thioether (sulfide) groups is 1. The maximum atomic E-state index is 9.38. The van der Waals surface area contributed by atoms with Crippen LogP contribution in [-0.2, 0) is 6.42 Å². The number of hydrogen-bond acceptors (Lipinski definition) is 4. The van der Waals surface area contributed by atoms with Crippen LogP contribution in [0.2, 0.25) is 0 Å². The number of aryl methyl sites for hydroxylation is 1. The minimum Gasteiger partial charge on any atom is -0.317 e. The van der Waals surface area contributed by atoms with E-state index in [2.05, 4.69) is 47.2 Å². The molecule has 0 atom stereocenters. The van der Waals surface area contributed by atoms with Gasteiger partial charge in [0.2, 0.25) is 0 Å². The van der Waals surface area contributed by atoms with E-state index in [-0.39, 0.29) is 0 Å². The summed E-state index contributed by atoms with van der Waals surface area (Å²) in [6.07, 6.45) is 3.15. The van der Waals surface area contributed by atoms with Gasteiger partial charge in [0.1, 0.15) is 11.0 Å². The first kappa shape index (κ1) is 11.8. The van der Waals surface area contributed by atoms with Gasteiger partial charge in [-0.1, -0.05) is 23.8 Å². The number of hydrogen-bond donors (Lipinski definition) is 0. The molecule has 3 aliphatic rings. The Morgan fingerprint density at radius 3 is 3.15 bits per heavy atom. The number of rotatable bonds is 1. The van der Waals surface area contributed by atoms with Gasteiger partial charge >= 0.3 is 0 Å². The standard InChI is InChI=1S/C16H13N3S/c1-10-2-3-11-7-13(8-12(11)6-10)15-14(9-17)20-16-18-4-5-19(15)16/h2-3,6,8H,4-5,7H2,1H3. The zero-order chi connectivity index (χ0) is 13.7. The Hall–Kier alpha value is -1.99. The first-order valence-corrected chi connectivity index (χ1v) is 7.52. The zero-order valence-electron chi connectivity index (χ0n) is 11.2. The van der Waals surface area contributed by atoms with Crippen molar-refractivity contribution in [3.05, 3.63) is 51.1 Å². The molecule has 0 aromatic heterocycles. The molecular weight excluding hydrogens is 266 g/mol. The third kappa shape index (κ3) is 1.63. The lowest BCUT2D eigenvalue weighted by molar-refractivity contribution is 0.580. The SMILES string of the molecule is Cc1ccc2c(c1)C=C(C1=C(C#N)SC3=NCCN31)C2. The van der Waals surface area contributed by atoms with Gasteiger partial charge in [0.15, 0.2) is 5.17 Å². The first-order valence-electron chi connectivity index (χ1n) is 6.71. The summed E-state index contributed by atoms with van der Waals surface area (Å²) in [6, 6.07) is 8.91. The van der Waals surface area contributed by atoms with E-state index >= 15 is 0 Å². The summed E-state index contributed by atoms with van der Waals surface area (Å²) in [7, 11) is 0. The van der Waals surface area contributed by atoms with Gasteiger partial charge in [0.25, 0.3) is 0 Å². The molecule has 98 valence electrons. The van der Waals surface area contributed by atoms with Gasteiger partial charge in [-0.15, -0.1) is 0 Å². The van der Waals surface area contributed by atoms with Crippen LogP contribution in [0.25, 0.3) is 6.08 Å². The van der Waals surface area contributed by atoms with Crippen LogP contribution in [0.5, 0.6) is 0 Å². The lowest BCUT2D eigenvalue weighted by atomic mass is 10.1. The smallest absolute Gasteiger partial charge is 0.169 e. The van der Waals surface area contributed by atoms with E-state index in [1.54, 1.807) is 0 Å². The second-order valence-corrected chi connectivity index (χ2v) is 6.23. The number of nitriles is 1. The molecular formula is C16H13N3S. The van der Waals surface area contributed by atoms with Gasteiger partial charge < -0.3 is 4.90 Å². The average Bonchev–Trinajstić information content (AvgIpc) is 3.09. The van der Waals surface area contributed by atoms with Crippen molar-refractivity contribution >= 4 is 23.0 Å². The van der Waals surface area contributed by atoms with Crippen LogP contribution in [0.1, 0.15) is 16.7 Å². The summed E-state index contributed by atoms with van der Waals surface area (Å²) in [5.41, 5.74) is 6.26. The summed E-state index contributed by atoms with van der Waals surface area (Å²) in [6.45, 7) is 3.85. The van der Waals surface area contributed by atoms with E-state index in [0.717, 1.165) is 35.3 Å². The lowest BCUT2D eigenvalue weighted by Crippen LogP contribution is -2.22. The third-order valence-electron chi connectivity index (χ3n) is 3.90. The number of amidine groups is 1. The molecule has 0 amide bonds. The Bertz CT molecular complexity index is 749. The second-order valence-electron chi connectivity index (χ2n) is 5.26. The van der Waals surface area contributed by atoms with Crippen molar-refractivity contribution in [2.24, 2.45) is 4.99 Å². The highest BCUT2D eigenvalue weighted by molar-refractivity contribution is 8.17. The highest BCUT2D eigenvalue weighted by atomic mass is 32.2. The quantitative estimate of drug-likeness (QED) is 0.793. The molecule has 0 saturated heterocycles. The van der Waals surface area contributed by atoms with Gasteiger partial charge in [-0.05, 0) is 41.5 Å². The van der Waals surface area contributed by atoms with E-state index < -0.39 is 0 Å². The molecule has 3 nitrogen and oxygen atoms in total. The fourth-order valence-corrected chi connectivity index (χ4v) is 4.00. The van der Waals surface area contributed by atoms with E-state index in [9.17, 15) is 5.26 Å². The number of allylic oxidation sites excluding steroid dienone is 2. The maximum absolute atomic E-state index is 9.38. The summed E-state index contributed by atoms with van der Waals surface area (Å²) in [5.74, 6) is 0. The fraction of sp³-hybridized carbons (Fsp3) is 0.250. The minimum atomic E-state index is 0.791. The summed E-state index contributed by atoms with van der Waals surface area (Å²) < 4.78 is 0. The maximum Gasteiger partial charge on any atom is 0.169 e. The van der Waals surface area contributed by atoms with Crippen LogP contribution < -0.4 is 0 Å². The topological polar surface area (TPSA) is 39.4 Å². The second kappa shape index (κ2) is 4.26. The monoisotopic (exact) mass is 279 g/mol. The Morgan fingerprint density at radius 2 is 2.30 bits per heavy atom. The Labute approximate surface area is 122 Å². The van der Waals surface area contributed by atoms with E-state index in [4.69, 9.17) is 0 Å². The molecule has 1 aromatic rings. The molecule has 0 radical (unpaired) electrons. The van der Waals surface area contributed by atoms with Gasteiger partial charge in [0.05, 0.1) is 12.2 Å². The normalized spacial score (nSPS) is 19.7. The van der Waals surface area contributed by atoms with E-state index in [0.29, 0.717) is 0 Å². The predicted octanol–water partition coefficient (Wildman–Crippen LogP) is 3.09. The van der Waals surface area contributed by atoms with E-state index in [1.165, 1.54) is 34.0 Å². The van der Waals surface area contributed by atoms with Crippen molar-refractivity contribution < 1.29 is 0 Å². The highest BCUT2D eigenvalue weighted by Crippen LogP contribution is 2.42. The number of nitrogens with zero attached hydrogens (tertiary/aromatic N) is 3. The molecule has 0 bridgehead atoms. The third-order valence-corrected chi connectivity index (χ3v) is 4.92. The molecule has 1 aromatic carbocycles. The zero-order valence-corrected chi connectivity index (χ0v) is 12.0. The molecule has 1 aliphatic carbocycles. The van der Waals surface area contributed by atoms with E-state index in [1.807, 2.05) is 0 Å². The largest absolute Gasteiger partial charge is 0.317 e. The highest BCUT2D eigenvalue weighted by Gasteiger charge is 2.35. The van der Waals surface area contributed by atoms with Crippen LogP contribution in [-0.4, -0.2) is 23.2 Å². The molecule has 20 heavy (non-hydrogen) atoms. The lowest BCUT2D eigenvalue weighted by Gasteiger charge is -2.17. The Balaban J connectivity index is 1.78. The van der Waals surface area contributed by atoms with Crippen molar-refractivity contribution in [3.63, 3.8) is 0 Å². The van der Waals surface area contributed by atoms with Gasteiger partial charge in [-0.25, -0.2) is 0 Å². The van der Waals surface area contributed by atoms with Crippen LogP contribution in [0.3, 0.4) is 0 Å². The summed E-state index contributed by atoms with van der Waals surface area (Å²) in [4.78, 5) is 7.46.